The Morgan fingerprint density at radius 3 is 2.90 bits per heavy atom. The van der Waals surface area contributed by atoms with Crippen molar-refractivity contribution in [2.24, 2.45) is 0 Å². The second-order valence-corrected chi connectivity index (χ2v) is 6.15. The molecule has 0 saturated heterocycles. The molecule has 114 valence electrons. The third-order valence-corrected chi connectivity index (χ3v) is 4.25. The Morgan fingerprint density at radius 1 is 1.45 bits per heavy atom. The van der Waals surface area contributed by atoms with Gasteiger partial charge in [-0.2, -0.15) is 5.10 Å². The maximum absolute atomic E-state index is 5.54. The van der Waals surface area contributed by atoms with E-state index in [0.717, 1.165) is 12.3 Å². The molecule has 1 aromatic heterocycles. The minimum absolute atomic E-state index is 0.387. The lowest BCUT2D eigenvalue weighted by molar-refractivity contribution is 0.314. The highest BCUT2D eigenvalue weighted by atomic mass is 16.5. The van der Waals surface area contributed by atoms with Gasteiger partial charge in [0.25, 0.3) is 0 Å². The molecule has 1 aliphatic carbocycles. The Hall–Kier alpha value is -1.03. The molecule has 0 aliphatic heterocycles. The molecule has 4 nitrogen and oxygen atoms in total. The molecule has 1 aromatic rings. The second kappa shape index (κ2) is 7.11. The van der Waals surface area contributed by atoms with Gasteiger partial charge in [-0.15, -0.1) is 0 Å². The van der Waals surface area contributed by atoms with Crippen LogP contribution in [0.15, 0.2) is 6.20 Å². The van der Waals surface area contributed by atoms with Gasteiger partial charge >= 0.3 is 0 Å². The van der Waals surface area contributed by atoms with Crippen LogP contribution in [0.4, 0.5) is 0 Å². The van der Waals surface area contributed by atoms with E-state index in [2.05, 4.69) is 35.9 Å². The second-order valence-electron chi connectivity index (χ2n) is 6.15. The molecule has 0 amide bonds. The summed E-state index contributed by atoms with van der Waals surface area (Å²) in [5.41, 5.74) is 1.30. The van der Waals surface area contributed by atoms with Crippen LogP contribution < -0.4 is 10.1 Å². The molecule has 0 spiro atoms. The molecule has 1 fully saturated rings. The van der Waals surface area contributed by atoms with Crippen molar-refractivity contribution >= 4 is 0 Å². The lowest BCUT2D eigenvalue weighted by atomic mass is 9.83. The summed E-state index contributed by atoms with van der Waals surface area (Å²) < 4.78 is 7.69. The van der Waals surface area contributed by atoms with E-state index in [-0.39, 0.29) is 0 Å². The fraction of sp³-hybridized carbons (Fsp3) is 0.812. The van der Waals surface area contributed by atoms with Crippen LogP contribution in [0.3, 0.4) is 0 Å². The maximum atomic E-state index is 5.54. The van der Waals surface area contributed by atoms with Crippen LogP contribution in [0.2, 0.25) is 0 Å². The van der Waals surface area contributed by atoms with Gasteiger partial charge in [-0.05, 0) is 46.1 Å². The Kier molecular flexibility index (Phi) is 5.46. The SMILES string of the molecule is CCCNC1CCCC(c2c(OC)cnn2C(C)C)C1. The van der Waals surface area contributed by atoms with E-state index < -0.39 is 0 Å². The first-order valence-corrected chi connectivity index (χ1v) is 8.02. The maximum Gasteiger partial charge on any atom is 0.160 e. The number of nitrogens with one attached hydrogen (secondary N) is 1. The van der Waals surface area contributed by atoms with Gasteiger partial charge in [-0.3, -0.25) is 4.68 Å². The van der Waals surface area contributed by atoms with Gasteiger partial charge in [-0.25, -0.2) is 0 Å². The number of hydrogen-bond donors (Lipinski definition) is 1. The van der Waals surface area contributed by atoms with E-state index in [4.69, 9.17) is 4.74 Å². The van der Waals surface area contributed by atoms with Gasteiger partial charge in [-0.1, -0.05) is 13.3 Å². The van der Waals surface area contributed by atoms with E-state index in [1.165, 1.54) is 37.8 Å². The van der Waals surface area contributed by atoms with Crippen molar-refractivity contribution in [2.45, 2.75) is 70.9 Å². The van der Waals surface area contributed by atoms with Crippen molar-refractivity contribution in [2.75, 3.05) is 13.7 Å². The molecule has 2 unspecified atom stereocenters. The zero-order valence-corrected chi connectivity index (χ0v) is 13.4. The summed E-state index contributed by atoms with van der Waals surface area (Å²) in [5.74, 6) is 1.53. The summed E-state index contributed by atoms with van der Waals surface area (Å²) >= 11 is 0. The highest BCUT2D eigenvalue weighted by molar-refractivity contribution is 5.29. The molecule has 0 bridgehead atoms. The summed E-state index contributed by atoms with van der Waals surface area (Å²) in [6.07, 6.45) is 8.12. The minimum atomic E-state index is 0.387. The van der Waals surface area contributed by atoms with Crippen molar-refractivity contribution in [3.8, 4) is 5.75 Å². The van der Waals surface area contributed by atoms with Crippen molar-refractivity contribution in [3.05, 3.63) is 11.9 Å². The third kappa shape index (κ3) is 3.35. The summed E-state index contributed by atoms with van der Waals surface area (Å²) in [4.78, 5) is 0. The molecule has 0 radical (unpaired) electrons. The minimum Gasteiger partial charge on any atom is -0.493 e. The van der Waals surface area contributed by atoms with Gasteiger partial charge in [0.05, 0.1) is 19.0 Å². The predicted molar refractivity (Wildman–Crippen MR) is 82.5 cm³/mol. The Bertz CT molecular complexity index is 414. The van der Waals surface area contributed by atoms with Crippen LogP contribution in [0.25, 0.3) is 0 Å². The van der Waals surface area contributed by atoms with E-state index in [1.54, 1.807) is 7.11 Å². The number of nitrogens with zero attached hydrogens (tertiary/aromatic N) is 2. The van der Waals surface area contributed by atoms with Gasteiger partial charge < -0.3 is 10.1 Å². The van der Waals surface area contributed by atoms with E-state index in [0.29, 0.717) is 18.0 Å². The molecule has 1 heterocycles. The molecule has 2 rings (SSSR count). The molecule has 0 aromatic carbocycles. The largest absolute Gasteiger partial charge is 0.493 e. The van der Waals surface area contributed by atoms with Crippen LogP contribution >= 0.6 is 0 Å². The van der Waals surface area contributed by atoms with Gasteiger partial charge in [0, 0.05) is 18.0 Å². The molecular weight excluding hydrogens is 250 g/mol. The zero-order valence-electron chi connectivity index (χ0n) is 13.4. The number of methoxy groups -OCH3 is 1. The first-order valence-electron chi connectivity index (χ1n) is 8.02. The van der Waals surface area contributed by atoms with Crippen molar-refractivity contribution in [1.82, 2.24) is 15.1 Å². The standard InChI is InChI=1S/C16H29N3O/c1-5-9-17-14-8-6-7-13(10-14)16-15(20-4)11-18-19(16)12(2)3/h11-14,17H,5-10H2,1-4H3. The summed E-state index contributed by atoms with van der Waals surface area (Å²) in [6.45, 7) is 7.72. The van der Waals surface area contributed by atoms with Gasteiger partial charge in [0.1, 0.15) is 0 Å². The molecule has 4 heteroatoms. The molecular formula is C16H29N3O. The Balaban J connectivity index is 2.15. The fourth-order valence-corrected chi connectivity index (χ4v) is 3.28. The molecule has 1 N–H and O–H groups in total. The predicted octanol–water partition coefficient (Wildman–Crippen LogP) is 3.50. The number of rotatable bonds is 6. The van der Waals surface area contributed by atoms with Crippen LogP contribution in [0.5, 0.6) is 5.75 Å². The lowest BCUT2D eigenvalue weighted by Crippen LogP contribution is -2.34. The summed E-state index contributed by atoms with van der Waals surface area (Å²) in [7, 11) is 1.75. The Morgan fingerprint density at radius 2 is 2.25 bits per heavy atom. The first kappa shape index (κ1) is 15.4. The number of aromatic nitrogens is 2. The number of ether oxygens (including phenoxy) is 1. The fourth-order valence-electron chi connectivity index (χ4n) is 3.28. The number of hydrogen-bond acceptors (Lipinski definition) is 3. The third-order valence-electron chi connectivity index (χ3n) is 4.25. The van der Waals surface area contributed by atoms with Crippen LogP contribution in [-0.2, 0) is 0 Å². The first-order chi connectivity index (χ1) is 9.67. The summed E-state index contributed by atoms with van der Waals surface area (Å²) in [6, 6.07) is 1.03. The van der Waals surface area contributed by atoms with Gasteiger partial charge in [0.15, 0.2) is 5.75 Å². The normalized spacial score (nSPS) is 23.2. The average molecular weight is 279 g/mol. The van der Waals surface area contributed by atoms with Crippen LogP contribution in [0, 0.1) is 0 Å². The van der Waals surface area contributed by atoms with Crippen molar-refractivity contribution in [3.63, 3.8) is 0 Å². The summed E-state index contributed by atoms with van der Waals surface area (Å²) in [5, 5.41) is 8.20. The topological polar surface area (TPSA) is 39.1 Å². The van der Waals surface area contributed by atoms with E-state index >= 15 is 0 Å². The molecule has 1 saturated carbocycles. The highest BCUT2D eigenvalue weighted by Gasteiger charge is 2.28. The average Bonchev–Trinajstić information content (AvgIpc) is 2.89. The van der Waals surface area contributed by atoms with E-state index in [9.17, 15) is 0 Å². The van der Waals surface area contributed by atoms with Gasteiger partial charge in [0.2, 0.25) is 0 Å². The van der Waals surface area contributed by atoms with Crippen molar-refractivity contribution < 1.29 is 4.74 Å². The van der Waals surface area contributed by atoms with Crippen molar-refractivity contribution in [1.29, 1.82) is 0 Å². The quantitative estimate of drug-likeness (QED) is 0.866. The smallest absolute Gasteiger partial charge is 0.160 e. The monoisotopic (exact) mass is 279 g/mol. The lowest BCUT2D eigenvalue weighted by Gasteiger charge is -2.31. The molecule has 2 atom stereocenters. The Labute approximate surface area is 122 Å². The zero-order chi connectivity index (χ0) is 14.5. The van der Waals surface area contributed by atoms with Crippen LogP contribution in [-0.4, -0.2) is 29.5 Å². The molecule has 20 heavy (non-hydrogen) atoms. The molecule has 1 aliphatic rings. The highest BCUT2D eigenvalue weighted by Crippen LogP contribution is 2.38. The van der Waals surface area contributed by atoms with Crippen LogP contribution in [0.1, 0.15) is 70.5 Å². The van der Waals surface area contributed by atoms with E-state index in [1.807, 2.05) is 6.20 Å².